The van der Waals surface area contributed by atoms with E-state index in [0.717, 1.165) is 52.1 Å². The van der Waals surface area contributed by atoms with Gasteiger partial charge in [-0.05, 0) is 45.4 Å². The molecule has 1 aromatic rings. The second-order valence-corrected chi connectivity index (χ2v) is 7.53. The number of amides is 1. The predicted molar refractivity (Wildman–Crippen MR) is 103 cm³/mol. The number of benzene rings is 1. The first-order valence-corrected chi connectivity index (χ1v) is 9.68. The molecule has 2 heterocycles. The number of carbonyl (C=O) groups excluding carboxylic acids is 1. The number of rotatable bonds is 5. The maximum Gasteiger partial charge on any atom is 0.223 e. The van der Waals surface area contributed by atoms with E-state index in [0.29, 0.717) is 12.1 Å². The van der Waals surface area contributed by atoms with Crippen LogP contribution < -0.4 is 15.5 Å². The van der Waals surface area contributed by atoms with Crippen molar-refractivity contribution in [2.45, 2.75) is 38.8 Å². The quantitative estimate of drug-likeness (QED) is 0.854. The van der Waals surface area contributed by atoms with Gasteiger partial charge >= 0.3 is 0 Å². The fourth-order valence-corrected chi connectivity index (χ4v) is 3.95. The Morgan fingerprint density at radius 3 is 2.64 bits per heavy atom. The van der Waals surface area contributed by atoms with Crippen LogP contribution in [0.15, 0.2) is 30.3 Å². The third-order valence-electron chi connectivity index (χ3n) is 5.63. The molecule has 5 nitrogen and oxygen atoms in total. The van der Waals surface area contributed by atoms with Crippen LogP contribution in [0.3, 0.4) is 0 Å². The van der Waals surface area contributed by atoms with Crippen molar-refractivity contribution in [2.24, 2.45) is 5.92 Å². The fourth-order valence-electron chi connectivity index (χ4n) is 3.95. The summed E-state index contributed by atoms with van der Waals surface area (Å²) in [6.07, 6.45) is 1.91. The van der Waals surface area contributed by atoms with Gasteiger partial charge in [0.1, 0.15) is 0 Å². The molecule has 1 amide bonds. The van der Waals surface area contributed by atoms with E-state index in [9.17, 15) is 4.79 Å². The number of para-hydroxylation sites is 1. The van der Waals surface area contributed by atoms with Gasteiger partial charge in [-0.2, -0.15) is 0 Å². The topological polar surface area (TPSA) is 47.6 Å². The lowest BCUT2D eigenvalue weighted by Gasteiger charge is -2.39. The highest BCUT2D eigenvalue weighted by molar-refractivity contribution is 5.78. The highest BCUT2D eigenvalue weighted by atomic mass is 16.1. The molecule has 0 saturated carbocycles. The van der Waals surface area contributed by atoms with Crippen molar-refractivity contribution in [3.8, 4) is 0 Å². The molecule has 25 heavy (non-hydrogen) atoms. The largest absolute Gasteiger partial charge is 0.369 e. The third-order valence-corrected chi connectivity index (χ3v) is 5.63. The fraction of sp³-hybridized carbons (Fsp3) is 0.650. The Morgan fingerprint density at radius 2 is 1.96 bits per heavy atom. The summed E-state index contributed by atoms with van der Waals surface area (Å²) in [5.74, 6) is 0.418. The molecular formula is C20H32N4O. The molecule has 2 fully saturated rings. The number of hydrogen-bond acceptors (Lipinski definition) is 4. The average molecular weight is 345 g/mol. The van der Waals surface area contributed by atoms with Gasteiger partial charge in [0.25, 0.3) is 0 Å². The maximum atomic E-state index is 12.4. The third kappa shape index (κ3) is 4.95. The summed E-state index contributed by atoms with van der Waals surface area (Å²) in [6, 6.07) is 11.5. The summed E-state index contributed by atoms with van der Waals surface area (Å²) in [5, 5.41) is 6.60. The minimum absolute atomic E-state index is 0.179. The molecule has 3 atom stereocenters. The van der Waals surface area contributed by atoms with Crippen LogP contribution in [0.2, 0.25) is 0 Å². The summed E-state index contributed by atoms with van der Waals surface area (Å²) < 4.78 is 0. The molecule has 0 aromatic heterocycles. The molecule has 1 unspecified atom stereocenters. The minimum atomic E-state index is 0.179. The van der Waals surface area contributed by atoms with E-state index < -0.39 is 0 Å². The second-order valence-electron chi connectivity index (χ2n) is 7.53. The highest BCUT2D eigenvalue weighted by Crippen LogP contribution is 2.18. The first-order valence-electron chi connectivity index (χ1n) is 9.68. The molecule has 2 aliphatic rings. The molecule has 5 heteroatoms. The number of piperazine rings is 1. The normalized spacial score (nSPS) is 26.2. The smallest absolute Gasteiger partial charge is 0.223 e. The molecular weight excluding hydrogens is 312 g/mol. The van der Waals surface area contributed by atoms with Crippen molar-refractivity contribution in [2.75, 3.05) is 44.2 Å². The van der Waals surface area contributed by atoms with E-state index in [1.54, 1.807) is 0 Å². The first-order chi connectivity index (χ1) is 12.1. The van der Waals surface area contributed by atoms with Gasteiger partial charge in [-0.25, -0.2) is 0 Å². The zero-order valence-electron chi connectivity index (χ0n) is 15.6. The number of carbonyl (C=O) groups is 1. The summed E-state index contributed by atoms with van der Waals surface area (Å²) in [5.41, 5.74) is 1.31. The number of nitrogens with one attached hydrogen (secondary N) is 2. The van der Waals surface area contributed by atoms with Crippen molar-refractivity contribution in [1.82, 2.24) is 15.5 Å². The van der Waals surface area contributed by atoms with Crippen LogP contribution >= 0.6 is 0 Å². The summed E-state index contributed by atoms with van der Waals surface area (Å²) in [6.45, 7) is 10.3. The Bertz CT molecular complexity index is 542. The van der Waals surface area contributed by atoms with E-state index in [4.69, 9.17) is 0 Å². The van der Waals surface area contributed by atoms with Crippen LogP contribution in [0.25, 0.3) is 0 Å². The van der Waals surface area contributed by atoms with Crippen LogP contribution in [0.4, 0.5) is 5.69 Å². The monoisotopic (exact) mass is 344 g/mol. The van der Waals surface area contributed by atoms with E-state index in [2.05, 4.69) is 64.6 Å². The molecule has 2 saturated heterocycles. The lowest BCUT2D eigenvalue weighted by molar-refractivity contribution is -0.126. The Hall–Kier alpha value is -1.59. The second kappa shape index (κ2) is 8.68. The molecule has 2 aliphatic heterocycles. The van der Waals surface area contributed by atoms with Crippen molar-refractivity contribution < 1.29 is 4.79 Å². The Morgan fingerprint density at radius 1 is 1.24 bits per heavy atom. The summed E-state index contributed by atoms with van der Waals surface area (Å²) >= 11 is 0. The van der Waals surface area contributed by atoms with Gasteiger partial charge in [0.2, 0.25) is 5.91 Å². The van der Waals surface area contributed by atoms with Gasteiger partial charge in [0, 0.05) is 56.4 Å². The molecule has 0 aliphatic carbocycles. The zero-order valence-corrected chi connectivity index (χ0v) is 15.6. The highest BCUT2D eigenvalue weighted by Gasteiger charge is 2.26. The van der Waals surface area contributed by atoms with E-state index in [1.807, 2.05) is 0 Å². The lowest BCUT2D eigenvalue weighted by Crippen LogP contribution is -2.53. The lowest BCUT2D eigenvalue weighted by atomic mass is 9.92. The molecule has 0 spiro atoms. The molecule has 3 rings (SSSR count). The first kappa shape index (κ1) is 18.2. The van der Waals surface area contributed by atoms with E-state index >= 15 is 0 Å². The van der Waals surface area contributed by atoms with Crippen LogP contribution in [0.5, 0.6) is 0 Å². The Balaban J connectivity index is 1.40. The predicted octanol–water partition coefficient (Wildman–Crippen LogP) is 1.70. The number of hydrogen-bond donors (Lipinski definition) is 2. The van der Waals surface area contributed by atoms with Gasteiger partial charge in [-0.1, -0.05) is 18.2 Å². The SMILES string of the molecule is CC(CNC(=O)[C@H]1CCN[C@@H](C)C1)N1CCN(c2ccccc2)CC1. The van der Waals surface area contributed by atoms with Crippen LogP contribution in [-0.2, 0) is 4.79 Å². The Labute approximate surface area is 151 Å². The van der Waals surface area contributed by atoms with Crippen molar-refractivity contribution in [1.29, 1.82) is 0 Å². The molecule has 0 radical (unpaired) electrons. The van der Waals surface area contributed by atoms with Crippen LogP contribution in [0, 0.1) is 5.92 Å². The van der Waals surface area contributed by atoms with Gasteiger partial charge in [-0.15, -0.1) is 0 Å². The van der Waals surface area contributed by atoms with Crippen LogP contribution in [0.1, 0.15) is 26.7 Å². The van der Waals surface area contributed by atoms with Gasteiger partial charge < -0.3 is 15.5 Å². The van der Waals surface area contributed by atoms with Crippen molar-refractivity contribution >= 4 is 11.6 Å². The molecule has 2 N–H and O–H groups in total. The van der Waals surface area contributed by atoms with Crippen LogP contribution in [-0.4, -0.2) is 62.2 Å². The summed E-state index contributed by atoms with van der Waals surface area (Å²) in [4.78, 5) is 17.3. The average Bonchev–Trinajstić information content (AvgIpc) is 2.66. The zero-order chi connectivity index (χ0) is 17.6. The van der Waals surface area contributed by atoms with Gasteiger partial charge in [-0.3, -0.25) is 9.69 Å². The van der Waals surface area contributed by atoms with E-state index in [1.165, 1.54) is 5.69 Å². The Kier molecular flexibility index (Phi) is 6.32. The number of anilines is 1. The van der Waals surface area contributed by atoms with E-state index in [-0.39, 0.29) is 11.8 Å². The van der Waals surface area contributed by atoms with Crippen molar-refractivity contribution in [3.05, 3.63) is 30.3 Å². The molecule has 1 aromatic carbocycles. The number of nitrogens with zero attached hydrogens (tertiary/aromatic N) is 2. The maximum absolute atomic E-state index is 12.4. The summed E-state index contributed by atoms with van der Waals surface area (Å²) in [7, 11) is 0. The van der Waals surface area contributed by atoms with Gasteiger partial charge in [0.15, 0.2) is 0 Å². The molecule has 138 valence electrons. The minimum Gasteiger partial charge on any atom is -0.369 e. The van der Waals surface area contributed by atoms with Crippen molar-refractivity contribution in [3.63, 3.8) is 0 Å². The van der Waals surface area contributed by atoms with Gasteiger partial charge in [0.05, 0.1) is 0 Å². The standard InChI is InChI=1S/C20H32N4O/c1-16-14-18(8-9-21-16)20(25)22-15-17(2)23-10-12-24(13-11-23)19-6-4-3-5-7-19/h3-7,16-18,21H,8-15H2,1-2H3,(H,22,25)/t16-,17?,18-/m0/s1. The number of piperidine rings is 1. The molecule has 0 bridgehead atoms.